The Morgan fingerprint density at radius 3 is 2.48 bits per heavy atom. The second-order valence-corrected chi connectivity index (χ2v) is 6.94. The number of benzene rings is 1. The molecule has 0 aliphatic carbocycles. The molecule has 1 atom stereocenters. The average molecular weight is 396 g/mol. The first-order chi connectivity index (χ1) is 14.0. The number of nitrogens with zero attached hydrogens (tertiary/aromatic N) is 4. The molecule has 2 aromatic rings. The molecule has 150 valence electrons. The molecular weight excluding hydrogens is 376 g/mol. The second-order valence-electron chi connectivity index (χ2n) is 6.94. The number of urea groups is 1. The number of fused-ring (bicyclic) bond motifs is 1. The van der Waals surface area contributed by atoms with Crippen LogP contribution in [-0.4, -0.2) is 77.3 Å². The van der Waals surface area contributed by atoms with Crippen LogP contribution < -0.4 is 4.90 Å². The number of esters is 1. The molecule has 1 aromatic carbocycles. The number of pyridine rings is 1. The van der Waals surface area contributed by atoms with E-state index in [-0.39, 0.29) is 12.1 Å². The molecule has 2 aliphatic rings. The van der Waals surface area contributed by atoms with E-state index in [1.807, 2.05) is 12.1 Å². The minimum absolute atomic E-state index is 0.128. The van der Waals surface area contributed by atoms with Gasteiger partial charge in [-0.15, -0.1) is 0 Å². The molecule has 0 radical (unpaired) electrons. The first-order valence-corrected chi connectivity index (χ1v) is 9.18. The van der Waals surface area contributed by atoms with Crippen molar-refractivity contribution in [2.45, 2.75) is 6.04 Å². The largest absolute Gasteiger partial charge is 0.465 e. The summed E-state index contributed by atoms with van der Waals surface area (Å²) in [5.74, 6) is -0.398. The standard InChI is InChI=1S/C20H20N4O5/c1-29-18(25)14-4-2-13(3-5-14)17-7-6-15(10-21-17)24-12-16-11-22(20(27)28)8-9-23(16)19(24)26/h2-7,10,16H,8-9,11-12H2,1H3,(H,27,28). The number of rotatable bonds is 3. The number of amides is 3. The number of ether oxygens (including phenoxy) is 1. The predicted molar refractivity (Wildman–Crippen MR) is 104 cm³/mol. The maximum absolute atomic E-state index is 12.7. The number of anilines is 1. The highest BCUT2D eigenvalue weighted by Gasteiger charge is 2.42. The summed E-state index contributed by atoms with van der Waals surface area (Å²) < 4.78 is 4.69. The lowest BCUT2D eigenvalue weighted by molar-refractivity contribution is 0.0600. The van der Waals surface area contributed by atoms with E-state index in [1.54, 1.807) is 40.3 Å². The lowest BCUT2D eigenvalue weighted by Crippen LogP contribution is -2.53. The average Bonchev–Trinajstić information content (AvgIpc) is 3.09. The highest BCUT2D eigenvalue weighted by atomic mass is 16.5. The SMILES string of the molecule is COC(=O)c1ccc(-c2ccc(N3CC4CN(C(=O)O)CCN4C3=O)cn2)cc1. The fourth-order valence-corrected chi connectivity index (χ4v) is 3.71. The summed E-state index contributed by atoms with van der Waals surface area (Å²) >= 11 is 0. The Kier molecular flexibility index (Phi) is 4.79. The first-order valence-electron chi connectivity index (χ1n) is 9.18. The maximum atomic E-state index is 12.7. The Labute approximate surface area is 167 Å². The number of piperazine rings is 1. The molecule has 29 heavy (non-hydrogen) atoms. The molecule has 1 unspecified atom stereocenters. The highest BCUT2D eigenvalue weighted by molar-refractivity contribution is 5.95. The van der Waals surface area contributed by atoms with Gasteiger partial charge in [0.15, 0.2) is 0 Å². The molecule has 4 rings (SSSR count). The van der Waals surface area contributed by atoms with E-state index in [0.717, 1.165) is 5.56 Å². The zero-order chi connectivity index (χ0) is 20.5. The molecule has 3 heterocycles. The maximum Gasteiger partial charge on any atom is 0.407 e. The molecule has 2 aliphatic heterocycles. The van der Waals surface area contributed by atoms with Crippen molar-refractivity contribution in [3.05, 3.63) is 48.2 Å². The van der Waals surface area contributed by atoms with Gasteiger partial charge in [-0.2, -0.15) is 0 Å². The van der Waals surface area contributed by atoms with Crippen LogP contribution in [0.2, 0.25) is 0 Å². The molecule has 0 bridgehead atoms. The molecule has 3 amide bonds. The van der Waals surface area contributed by atoms with Crippen LogP contribution >= 0.6 is 0 Å². The number of hydrogen-bond acceptors (Lipinski definition) is 5. The van der Waals surface area contributed by atoms with Crippen LogP contribution in [-0.2, 0) is 4.74 Å². The molecule has 0 spiro atoms. The van der Waals surface area contributed by atoms with Crippen LogP contribution in [0.4, 0.5) is 15.3 Å². The summed E-state index contributed by atoms with van der Waals surface area (Å²) in [5, 5.41) is 9.18. The van der Waals surface area contributed by atoms with Crippen molar-refractivity contribution in [3.63, 3.8) is 0 Å². The summed E-state index contributed by atoms with van der Waals surface area (Å²) in [6.45, 7) is 1.46. The summed E-state index contributed by atoms with van der Waals surface area (Å²) in [5.41, 5.74) is 2.68. The molecular formula is C20H20N4O5. The van der Waals surface area contributed by atoms with Crippen LogP contribution in [0.3, 0.4) is 0 Å². The zero-order valence-electron chi connectivity index (χ0n) is 15.8. The first kappa shape index (κ1) is 18.7. The molecule has 2 fully saturated rings. The Hall–Kier alpha value is -3.62. The Morgan fingerprint density at radius 2 is 1.86 bits per heavy atom. The summed E-state index contributed by atoms with van der Waals surface area (Å²) in [7, 11) is 1.34. The third-order valence-electron chi connectivity index (χ3n) is 5.28. The Bertz CT molecular complexity index is 944. The van der Waals surface area contributed by atoms with Crippen molar-refractivity contribution in [1.29, 1.82) is 0 Å². The Balaban J connectivity index is 1.49. The van der Waals surface area contributed by atoms with Crippen LogP contribution in [0, 0.1) is 0 Å². The molecule has 1 aromatic heterocycles. The number of hydrogen-bond donors (Lipinski definition) is 1. The normalized spacial score (nSPS) is 18.6. The van der Waals surface area contributed by atoms with Crippen LogP contribution in [0.25, 0.3) is 11.3 Å². The monoisotopic (exact) mass is 396 g/mol. The van der Waals surface area contributed by atoms with E-state index in [2.05, 4.69) is 4.98 Å². The van der Waals surface area contributed by atoms with Gasteiger partial charge >= 0.3 is 18.1 Å². The van der Waals surface area contributed by atoms with Crippen molar-refractivity contribution in [2.75, 3.05) is 38.2 Å². The van der Waals surface area contributed by atoms with E-state index in [9.17, 15) is 19.5 Å². The molecule has 0 saturated carbocycles. The number of aromatic nitrogens is 1. The van der Waals surface area contributed by atoms with Gasteiger partial charge in [0.05, 0.1) is 36.3 Å². The quantitative estimate of drug-likeness (QED) is 0.798. The summed E-state index contributed by atoms with van der Waals surface area (Å²) in [6.07, 6.45) is 0.675. The minimum atomic E-state index is -0.959. The van der Waals surface area contributed by atoms with Gasteiger partial charge in [-0.25, -0.2) is 14.4 Å². The number of carbonyl (C=O) groups is 3. The number of methoxy groups -OCH3 is 1. The van der Waals surface area contributed by atoms with E-state index < -0.39 is 12.1 Å². The van der Waals surface area contributed by atoms with Gasteiger partial charge in [-0.3, -0.25) is 9.88 Å². The molecule has 9 nitrogen and oxygen atoms in total. The van der Waals surface area contributed by atoms with E-state index in [4.69, 9.17) is 4.74 Å². The topological polar surface area (TPSA) is 103 Å². The highest BCUT2D eigenvalue weighted by Crippen LogP contribution is 2.27. The van der Waals surface area contributed by atoms with E-state index in [0.29, 0.717) is 43.1 Å². The van der Waals surface area contributed by atoms with Crippen LogP contribution in [0.5, 0.6) is 0 Å². The van der Waals surface area contributed by atoms with Crippen molar-refractivity contribution in [2.24, 2.45) is 0 Å². The second kappa shape index (κ2) is 7.42. The van der Waals surface area contributed by atoms with Crippen LogP contribution in [0.1, 0.15) is 10.4 Å². The van der Waals surface area contributed by atoms with Gasteiger partial charge in [0.2, 0.25) is 0 Å². The third kappa shape index (κ3) is 3.46. The fourth-order valence-electron chi connectivity index (χ4n) is 3.71. The van der Waals surface area contributed by atoms with Crippen LogP contribution in [0.15, 0.2) is 42.6 Å². The van der Waals surface area contributed by atoms with Gasteiger partial charge in [0.1, 0.15) is 0 Å². The predicted octanol–water partition coefficient (Wildman–Crippen LogP) is 2.14. The van der Waals surface area contributed by atoms with Crippen molar-refractivity contribution < 1.29 is 24.2 Å². The van der Waals surface area contributed by atoms with Crippen molar-refractivity contribution >= 4 is 23.8 Å². The van der Waals surface area contributed by atoms with E-state index >= 15 is 0 Å². The van der Waals surface area contributed by atoms with Gasteiger partial charge in [0.25, 0.3) is 0 Å². The smallest absolute Gasteiger partial charge is 0.407 e. The van der Waals surface area contributed by atoms with Crippen molar-refractivity contribution in [1.82, 2.24) is 14.8 Å². The Morgan fingerprint density at radius 1 is 1.10 bits per heavy atom. The van der Waals surface area contributed by atoms with E-state index in [1.165, 1.54) is 12.0 Å². The molecule has 2 saturated heterocycles. The fraction of sp³-hybridized carbons (Fsp3) is 0.300. The lowest BCUT2D eigenvalue weighted by atomic mass is 10.1. The number of carboxylic acid groups (broad SMARTS) is 1. The minimum Gasteiger partial charge on any atom is -0.465 e. The van der Waals surface area contributed by atoms with Gasteiger partial charge in [0, 0.05) is 31.7 Å². The third-order valence-corrected chi connectivity index (χ3v) is 5.28. The zero-order valence-corrected chi connectivity index (χ0v) is 15.8. The lowest BCUT2D eigenvalue weighted by Gasteiger charge is -2.34. The molecule has 9 heteroatoms. The van der Waals surface area contributed by atoms with Gasteiger partial charge in [-0.05, 0) is 24.3 Å². The number of carbonyl (C=O) groups excluding carboxylic acids is 2. The van der Waals surface area contributed by atoms with Gasteiger partial charge in [-0.1, -0.05) is 12.1 Å². The molecule has 1 N–H and O–H groups in total. The van der Waals surface area contributed by atoms with Gasteiger partial charge < -0.3 is 19.6 Å². The summed E-state index contributed by atoms with van der Waals surface area (Å²) in [6, 6.07) is 10.3. The summed E-state index contributed by atoms with van der Waals surface area (Å²) in [4.78, 5) is 44.6. The van der Waals surface area contributed by atoms with Crippen molar-refractivity contribution in [3.8, 4) is 11.3 Å².